The lowest BCUT2D eigenvalue weighted by Gasteiger charge is -2.08. The molecule has 2 rings (SSSR count). The molecular formula is C11H13FN2O. The smallest absolute Gasteiger partial charge is 0.226 e. The molecule has 0 spiro atoms. The van der Waals surface area contributed by atoms with Gasteiger partial charge in [0, 0.05) is 6.42 Å². The molecule has 0 aliphatic heterocycles. The number of hydrogen-bond donors (Lipinski definition) is 1. The normalized spacial score (nSPS) is 17.2. The van der Waals surface area contributed by atoms with Crippen molar-refractivity contribution in [1.29, 1.82) is 0 Å². The zero-order chi connectivity index (χ0) is 10.9. The van der Waals surface area contributed by atoms with E-state index in [1.165, 1.54) is 12.1 Å². The molecule has 1 fully saturated rings. The highest BCUT2D eigenvalue weighted by Gasteiger charge is 2.39. The minimum Gasteiger partial charge on any atom is -0.311 e. The summed E-state index contributed by atoms with van der Waals surface area (Å²) in [7, 11) is 0. The molecule has 0 unspecified atom stereocenters. The Kier molecular flexibility index (Phi) is 2.42. The summed E-state index contributed by atoms with van der Waals surface area (Å²) in [6.45, 7) is 2.07. The molecule has 15 heavy (non-hydrogen) atoms. The van der Waals surface area contributed by atoms with Crippen molar-refractivity contribution in [3.63, 3.8) is 0 Å². The molecule has 0 aromatic carbocycles. The molecule has 1 heterocycles. The average molecular weight is 208 g/mol. The second kappa shape index (κ2) is 3.61. The summed E-state index contributed by atoms with van der Waals surface area (Å²) in [5.74, 6) is -0.386. The fourth-order valence-electron chi connectivity index (χ4n) is 1.44. The van der Waals surface area contributed by atoms with Crippen LogP contribution in [0, 0.1) is 11.4 Å². The number of rotatable bonds is 3. The number of carbonyl (C=O) groups is 1. The van der Waals surface area contributed by atoms with E-state index in [1.807, 2.05) is 0 Å². The zero-order valence-electron chi connectivity index (χ0n) is 8.59. The van der Waals surface area contributed by atoms with Gasteiger partial charge in [-0.25, -0.2) is 4.98 Å². The highest BCUT2D eigenvalue weighted by Crippen LogP contribution is 2.48. The van der Waals surface area contributed by atoms with Crippen LogP contribution in [0.3, 0.4) is 0 Å². The third kappa shape index (κ3) is 2.75. The van der Waals surface area contributed by atoms with Crippen LogP contribution in [-0.4, -0.2) is 10.9 Å². The summed E-state index contributed by atoms with van der Waals surface area (Å²) >= 11 is 0. The van der Waals surface area contributed by atoms with Crippen LogP contribution < -0.4 is 5.32 Å². The van der Waals surface area contributed by atoms with E-state index in [4.69, 9.17) is 0 Å². The first-order valence-electron chi connectivity index (χ1n) is 5.00. The Morgan fingerprint density at radius 1 is 1.60 bits per heavy atom. The Bertz CT molecular complexity index is 388. The average Bonchev–Trinajstić information content (AvgIpc) is 2.82. The molecular weight excluding hydrogens is 195 g/mol. The number of nitrogens with one attached hydrogen (secondary N) is 1. The summed E-state index contributed by atoms with van der Waals surface area (Å²) in [5.41, 5.74) is 0.164. The highest BCUT2D eigenvalue weighted by molar-refractivity contribution is 5.90. The van der Waals surface area contributed by atoms with Gasteiger partial charge in [-0.2, -0.15) is 4.39 Å². The van der Waals surface area contributed by atoms with Gasteiger partial charge in [0.1, 0.15) is 5.82 Å². The maximum atomic E-state index is 12.7. The van der Waals surface area contributed by atoms with Crippen molar-refractivity contribution in [1.82, 2.24) is 4.98 Å². The molecule has 1 N–H and O–H groups in total. The summed E-state index contributed by atoms with van der Waals surface area (Å²) in [5, 5.41) is 2.59. The fraction of sp³-hybridized carbons (Fsp3) is 0.455. The Hall–Kier alpha value is -1.45. The maximum Gasteiger partial charge on any atom is 0.226 e. The molecule has 1 aromatic heterocycles. The summed E-state index contributed by atoms with van der Waals surface area (Å²) in [6.07, 6.45) is 2.68. The largest absolute Gasteiger partial charge is 0.311 e. The van der Waals surface area contributed by atoms with Gasteiger partial charge < -0.3 is 5.32 Å². The van der Waals surface area contributed by atoms with Gasteiger partial charge in [0.15, 0.2) is 0 Å². The van der Waals surface area contributed by atoms with Gasteiger partial charge in [-0.3, -0.25) is 4.79 Å². The number of hydrogen-bond acceptors (Lipinski definition) is 2. The second-order valence-corrected chi connectivity index (χ2v) is 4.38. The summed E-state index contributed by atoms with van der Waals surface area (Å²) < 4.78 is 12.7. The SMILES string of the molecule is CC1(CC(=O)Nc2cccc(F)n2)CC1. The van der Waals surface area contributed by atoms with E-state index in [1.54, 1.807) is 6.07 Å². The molecule has 1 aromatic rings. The lowest BCUT2D eigenvalue weighted by Crippen LogP contribution is -2.16. The van der Waals surface area contributed by atoms with E-state index in [0.29, 0.717) is 6.42 Å². The summed E-state index contributed by atoms with van der Waals surface area (Å²) in [4.78, 5) is 15.1. The lowest BCUT2D eigenvalue weighted by atomic mass is 10.1. The molecule has 1 amide bonds. The van der Waals surface area contributed by atoms with Crippen LogP contribution in [0.2, 0.25) is 0 Å². The first-order chi connectivity index (χ1) is 7.07. The van der Waals surface area contributed by atoms with Crippen LogP contribution in [0.5, 0.6) is 0 Å². The number of nitrogens with zero attached hydrogens (tertiary/aromatic N) is 1. The van der Waals surface area contributed by atoms with E-state index in [-0.39, 0.29) is 17.1 Å². The van der Waals surface area contributed by atoms with Crippen molar-refractivity contribution in [3.8, 4) is 0 Å². The van der Waals surface area contributed by atoms with Crippen LogP contribution in [0.4, 0.5) is 10.2 Å². The first kappa shape index (κ1) is 10.1. The Labute approximate surface area is 87.7 Å². The van der Waals surface area contributed by atoms with Crippen molar-refractivity contribution in [2.24, 2.45) is 5.41 Å². The van der Waals surface area contributed by atoms with Crippen molar-refractivity contribution < 1.29 is 9.18 Å². The number of aromatic nitrogens is 1. The van der Waals surface area contributed by atoms with Crippen LogP contribution in [0.1, 0.15) is 26.2 Å². The first-order valence-corrected chi connectivity index (χ1v) is 5.00. The van der Waals surface area contributed by atoms with Crippen molar-refractivity contribution in [2.75, 3.05) is 5.32 Å². The van der Waals surface area contributed by atoms with Gasteiger partial charge in [0.05, 0.1) is 0 Å². The van der Waals surface area contributed by atoms with Gasteiger partial charge >= 0.3 is 0 Å². The third-order valence-corrected chi connectivity index (χ3v) is 2.67. The standard InChI is InChI=1S/C11H13FN2O/c1-11(5-6-11)7-10(15)14-9-4-2-3-8(12)13-9/h2-4H,5-7H2,1H3,(H,13,14,15). The lowest BCUT2D eigenvalue weighted by molar-refractivity contribution is -0.117. The number of carbonyl (C=O) groups excluding carboxylic acids is 1. The predicted octanol–water partition coefficient (Wildman–Crippen LogP) is 2.35. The quantitative estimate of drug-likeness (QED) is 0.775. The number of pyridine rings is 1. The zero-order valence-corrected chi connectivity index (χ0v) is 8.59. The highest BCUT2D eigenvalue weighted by atomic mass is 19.1. The second-order valence-electron chi connectivity index (χ2n) is 4.38. The number of halogens is 1. The third-order valence-electron chi connectivity index (χ3n) is 2.67. The minimum absolute atomic E-state index is 0.0897. The fourth-order valence-corrected chi connectivity index (χ4v) is 1.44. The molecule has 3 nitrogen and oxygen atoms in total. The van der Waals surface area contributed by atoms with Gasteiger partial charge in [-0.05, 0) is 30.4 Å². The van der Waals surface area contributed by atoms with Gasteiger partial charge in [-0.1, -0.05) is 13.0 Å². The molecule has 80 valence electrons. The van der Waals surface area contributed by atoms with Crippen molar-refractivity contribution in [2.45, 2.75) is 26.2 Å². The monoisotopic (exact) mass is 208 g/mol. The Morgan fingerprint density at radius 3 is 2.93 bits per heavy atom. The molecule has 0 bridgehead atoms. The van der Waals surface area contributed by atoms with E-state index >= 15 is 0 Å². The van der Waals surface area contributed by atoms with Crippen LogP contribution >= 0.6 is 0 Å². The van der Waals surface area contributed by atoms with Gasteiger partial charge in [0.2, 0.25) is 11.9 Å². The maximum absolute atomic E-state index is 12.7. The minimum atomic E-state index is -0.578. The van der Waals surface area contributed by atoms with E-state index in [0.717, 1.165) is 12.8 Å². The molecule has 4 heteroatoms. The van der Waals surface area contributed by atoms with Gasteiger partial charge in [0.25, 0.3) is 0 Å². The topological polar surface area (TPSA) is 42.0 Å². The van der Waals surface area contributed by atoms with Crippen molar-refractivity contribution in [3.05, 3.63) is 24.1 Å². The van der Waals surface area contributed by atoms with Crippen molar-refractivity contribution >= 4 is 11.7 Å². The molecule has 0 radical (unpaired) electrons. The molecule has 1 aliphatic rings. The van der Waals surface area contributed by atoms with E-state index in [9.17, 15) is 9.18 Å². The molecule has 0 atom stereocenters. The Morgan fingerprint density at radius 2 is 2.33 bits per heavy atom. The van der Waals surface area contributed by atoms with Crippen LogP contribution in [0.25, 0.3) is 0 Å². The number of amides is 1. The Balaban J connectivity index is 1.93. The number of anilines is 1. The van der Waals surface area contributed by atoms with Crippen LogP contribution in [-0.2, 0) is 4.79 Å². The van der Waals surface area contributed by atoms with Gasteiger partial charge in [-0.15, -0.1) is 0 Å². The predicted molar refractivity (Wildman–Crippen MR) is 54.8 cm³/mol. The van der Waals surface area contributed by atoms with Crippen LogP contribution in [0.15, 0.2) is 18.2 Å². The molecule has 0 saturated heterocycles. The molecule has 1 saturated carbocycles. The molecule has 1 aliphatic carbocycles. The van der Waals surface area contributed by atoms with E-state index in [2.05, 4.69) is 17.2 Å². The van der Waals surface area contributed by atoms with E-state index < -0.39 is 5.95 Å². The summed E-state index contributed by atoms with van der Waals surface area (Å²) in [6, 6.07) is 4.35.